The van der Waals surface area contributed by atoms with Crippen LogP contribution in [0, 0.1) is 0 Å². The van der Waals surface area contributed by atoms with Crippen LogP contribution in [-0.2, 0) is 0 Å². The Labute approximate surface area is 155 Å². The van der Waals surface area contributed by atoms with Crippen LogP contribution >= 0.6 is 11.6 Å². The highest BCUT2D eigenvalue weighted by molar-refractivity contribution is 6.31. The largest absolute Gasteiger partial charge is 0.495 e. The van der Waals surface area contributed by atoms with Gasteiger partial charge in [0, 0.05) is 11.6 Å². The molecule has 3 rings (SSSR count). The van der Waals surface area contributed by atoms with Gasteiger partial charge in [-0.3, -0.25) is 0 Å². The number of benzene rings is 2. The third-order valence-electron chi connectivity index (χ3n) is 3.89. The van der Waals surface area contributed by atoms with Crippen molar-refractivity contribution >= 4 is 23.3 Å². The molecule has 0 radical (unpaired) electrons. The number of rotatable bonds is 6. The highest BCUT2D eigenvalue weighted by atomic mass is 35.5. The molecule has 3 N–H and O–H groups in total. The first-order chi connectivity index (χ1) is 12.6. The summed E-state index contributed by atoms with van der Waals surface area (Å²) in [5.74, 6) is 1.78. The van der Waals surface area contributed by atoms with Crippen molar-refractivity contribution in [2.45, 2.75) is 12.5 Å². The van der Waals surface area contributed by atoms with Gasteiger partial charge in [-0.15, -0.1) is 0 Å². The Bertz CT molecular complexity index is 799. The molecule has 2 amide bonds. The molecular weight excluding hydrogens is 360 g/mol. The maximum atomic E-state index is 12.0. The highest BCUT2D eigenvalue weighted by Crippen LogP contribution is 2.34. The SMILES string of the molecule is COc1ccc(Cl)cc1NC(=O)NCCC(O)c1ccc2c(c1)OCO2. The summed E-state index contributed by atoms with van der Waals surface area (Å²) in [7, 11) is 1.51. The number of fused-ring (bicyclic) bond motifs is 1. The fraction of sp³-hybridized carbons (Fsp3) is 0.278. The molecule has 0 saturated carbocycles. The summed E-state index contributed by atoms with van der Waals surface area (Å²) in [6.07, 6.45) is -0.384. The van der Waals surface area contributed by atoms with Crippen LogP contribution in [0.15, 0.2) is 36.4 Å². The molecule has 1 unspecified atom stereocenters. The van der Waals surface area contributed by atoms with E-state index in [2.05, 4.69) is 10.6 Å². The van der Waals surface area contributed by atoms with Gasteiger partial charge >= 0.3 is 6.03 Å². The Hall–Kier alpha value is -2.64. The number of nitrogens with one attached hydrogen (secondary N) is 2. The van der Waals surface area contributed by atoms with Gasteiger partial charge in [-0.05, 0) is 42.3 Å². The number of halogens is 1. The van der Waals surface area contributed by atoms with Gasteiger partial charge in [0.2, 0.25) is 6.79 Å². The number of aliphatic hydroxyl groups is 1. The molecule has 138 valence electrons. The number of urea groups is 1. The molecule has 0 saturated heterocycles. The lowest BCUT2D eigenvalue weighted by Crippen LogP contribution is -2.30. The van der Waals surface area contributed by atoms with E-state index in [-0.39, 0.29) is 13.3 Å². The molecule has 0 spiro atoms. The lowest BCUT2D eigenvalue weighted by atomic mass is 10.1. The average Bonchev–Trinajstić information content (AvgIpc) is 3.09. The first kappa shape index (κ1) is 18.2. The summed E-state index contributed by atoms with van der Waals surface area (Å²) in [6, 6.07) is 9.79. The zero-order valence-electron chi connectivity index (χ0n) is 14.1. The first-order valence-electron chi connectivity index (χ1n) is 8.03. The summed E-state index contributed by atoms with van der Waals surface area (Å²) < 4.78 is 15.7. The second-order valence-electron chi connectivity index (χ2n) is 5.64. The summed E-state index contributed by atoms with van der Waals surface area (Å²) in [6.45, 7) is 0.466. The monoisotopic (exact) mass is 378 g/mol. The molecule has 1 aliphatic rings. The van der Waals surface area contributed by atoms with E-state index >= 15 is 0 Å². The maximum Gasteiger partial charge on any atom is 0.319 e. The normalized spacial score (nSPS) is 13.2. The van der Waals surface area contributed by atoms with Gasteiger partial charge in [-0.2, -0.15) is 0 Å². The van der Waals surface area contributed by atoms with Crippen molar-refractivity contribution < 1.29 is 24.1 Å². The highest BCUT2D eigenvalue weighted by Gasteiger charge is 2.17. The summed E-state index contributed by atoms with van der Waals surface area (Å²) in [5, 5.41) is 16.1. The molecule has 2 aromatic rings. The number of hydrogen-bond donors (Lipinski definition) is 3. The van der Waals surface area contributed by atoms with Crippen molar-refractivity contribution in [1.82, 2.24) is 5.32 Å². The second-order valence-corrected chi connectivity index (χ2v) is 6.08. The van der Waals surface area contributed by atoms with Crippen LogP contribution in [0.5, 0.6) is 17.2 Å². The molecule has 1 aliphatic heterocycles. The van der Waals surface area contributed by atoms with Crippen molar-refractivity contribution in [2.75, 3.05) is 25.8 Å². The van der Waals surface area contributed by atoms with Crippen molar-refractivity contribution in [1.29, 1.82) is 0 Å². The van der Waals surface area contributed by atoms with Crippen molar-refractivity contribution in [3.63, 3.8) is 0 Å². The predicted molar refractivity (Wildman–Crippen MR) is 97.2 cm³/mol. The quantitative estimate of drug-likeness (QED) is 0.717. The van der Waals surface area contributed by atoms with Crippen molar-refractivity contribution in [3.8, 4) is 17.2 Å². The smallest absolute Gasteiger partial charge is 0.319 e. The van der Waals surface area contributed by atoms with E-state index in [0.717, 1.165) is 0 Å². The van der Waals surface area contributed by atoms with Gasteiger partial charge in [-0.25, -0.2) is 4.79 Å². The topological polar surface area (TPSA) is 89.1 Å². The minimum atomic E-state index is -0.731. The van der Waals surface area contributed by atoms with Gasteiger partial charge in [0.05, 0.1) is 18.9 Å². The fourth-order valence-corrected chi connectivity index (χ4v) is 2.73. The first-order valence-corrected chi connectivity index (χ1v) is 8.40. The van der Waals surface area contributed by atoms with Crippen LogP contribution in [0.4, 0.5) is 10.5 Å². The number of hydrogen-bond acceptors (Lipinski definition) is 5. The number of carbonyl (C=O) groups is 1. The third kappa shape index (κ3) is 4.30. The van der Waals surface area contributed by atoms with Gasteiger partial charge in [0.25, 0.3) is 0 Å². The zero-order chi connectivity index (χ0) is 18.5. The molecule has 0 bridgehead atoms. The van der Waals surface area contributed by atoms with E-state index in [1.165, 1.54) is 7.11 Å². The van der Waals surface area contributed by atoms with Gasteiger partial charge in [-0.1, -0.05) is 17.7 Å². The van der Waals surface area contributed by atoms with Crippen LogP contribution in [0.2, 0.25) is 5.02 Å². The van der Waals surface area contributed by atoms with Gasteiger partial charge < -0.3 is 30.0 Å². The molecule has 0 aromatic heterocycles. The van der Waals surface area contributed by atoms with Gasteiger partial charge in [0.1, 0.15) is 5.75 Å². The lowest BCUT2D eigenvalue weighted by Gasteiger charge is -2.14. The fourth-order valence-electron chi connectivity index (χ4n) is 2.55. The minimum absolute atomic E-state index is 0.184. The summed E-state index contributed by atoms with van der Waals surface area (Å²) >= 11 is 5.93. The molecule has 0 fully saturated rings. The van der Waals surface area contributed by atoms with Crippen LogP contribution in [0.1, 0.15) is 18.1 Å². The number of carbonyl (C=O) groups excluding carboxylic acids is 1. The molecule has 26 heavy (non-hydrogen) atoms. The Morgan fingerprint density at radius 2 is 2.08 bits per heavy atom. The summed E-state index contributed by atoms with van der Waals surface area (Å²) in [5.41, 5.74) is 1.17. The Kier molecular flexibility index (Phi) is 5.70. The second kappa shape index (κ2) is 8.16. The van der Waals surface area contributed by atoms with E-state index in [9.17, 15) is 9.90 Å². The molecule has 7 nitrogen and oxygen atoms in total. The van der Waals surface area contributed by atoms with E-state index in [1.54, 1.807) is 36.4 Å². The number of amides is 2. The molecular formula is C18H19ClN2O5. The van der Waals surface area contributed by atoms with Crippen LogP contribution in [-0.4, -0.2) is 31.6 Å². The van der Waals surface area contributed by atoms with E-state index in [0.29, 0.717) is 39.9 Å². The molecule has 8 heteroatoms. The number of methoxy groups -OCH3 is 1. The van der Waals surface area contributed by atoms with Crippen LogP contribution in [0.3, 0.4) is 0 Å². The zero-order valence-corrected chi connectivity index (χ0v) is 14.9. The Morgan fingerprint density at radius 3 is 2.88 bits per heavy atom. The predicted octanol–water partition coefficient (Wildman–Crippen LogP) is 3.32. The van der Waals surface area contributed by atoms with Gasteiger partial charge in [0.15, 0.2) is 11.5 Å². The lowest BCUT2D eigenvalue weighted by molar-refractivity contribution is 0.165. The molecule has 2 aromatic carbocycles. The minimum Gasteiger partial charge on any atom is -0.495 e. The maximum absolute atomic E-state index is 12.0. The molecule has 1 heterocycles. The number of anilines is 1. The summed E-state index contributed by atoms with van der Waals surface area (Å²) in [4.78, 5) is 12.0. The average molecular weight is 379 g/mol. The molecule has 0 aliphatic carbocycles. The van der Waals surface area contributed by atoms with E-state index < -0.39 is 12.1 Å². The van der Waals surface area contributed by atoms with Crippen LogP contribution < -0.4 is 24.8 Å². The van der Waals surface area contributed by atoms with E-state index in [1.807, 2.05) is 0 Å². The van der Waals surface area contributed by atoms with Crippen molar-refractivity contribution in [3.05, 3.63) is 47.0 Å². The van der Waals surface area contributed by atoms with E-state index in [4.69, 9.17) is 25.8 Å². The third-order valence-corrected chi connectivity index (χ3v) is 4.13. The van der Waals surface area contributed by atoms with Crippen LogP contribution in [0.25, 0.3) is 0 Å². The molecule has 1 atom stereocenters. The standard InChI is InChI=1S/C18H19ClN2O5/c1-24-15-5-3-12(19)9-13(15)21-18(23)20-7-6-14(22)11-2-4-16-17(8-11)26-10-25-16/h2-5,8-9,14,22H,6-7,10H2,1H3,(H2,20,21,23). The Morgan fingerprint density at radius 1 is 1.27 bits per heavy atom. The number of aliphatic hydroxyl groups excluding tert-OH is 1. The van der Waals surface area contributed by atoms with Crippen molar-refractivity contribution in [2.24, 2.45) is 0 Å². The Balaban J connectivity index is 1.50. The number of ether oxygens (including phenoxy) is 3.